The molecule has 0 saturated carbocycles. The number of carbonyl (C=O) groups excluding carboxylic acids is 1. The van der Waals surface area contributed by atoms with Crippen LogP contribution in [0.3, 0.4) is 0 Å². The highest BCUT2D eigenvalue weighted by atomic mass is 127. The van der Waals surface area contributed by atoms with E-state index in [1.165, 1.54) is 0 Å². The third kappa shape index (κ3) is 8.94. The first-order valence-corrected chi connectivity index (χ1v) is 9.01. The van der Waals surface area contributed by atoms with Crippen LogP contribution in [0.25, 0.3) is 0 Å². The Bertz CT molecular complexity index is 713. The van der Waals surface area contributed by atoms with Crippen molar-refractivity contribution >= 4 is 41.5 Å². The Hall–Kier alpha value is -2.03. The number of anilines is 1. The molecule has 0 bridgehead atoms. The summed E-state index contributed by atoms with van der Waals surface area (Å²) in [5.74, 6) is 1.15. The van der Waals surface area contributed by atoms with Gasteiger partial charge < -0.3 is 20.5 Å². The molecule has 3 N–H and O–H groups in total. The van der Waals surface area contributed by atoms with E-state index in [-0.39, 0.29) is 29.9 Å². The number of guanidine groups is 1. The van der Waals surface area contributed by atoms with Gasteiger partial charge in [0.05, 0.1) is 0 Å². The molecule has 2 aromatic rings. The lowest BCUT2D eigenvalue weighted by Crippen LogP contribution is -2.38. The largest absolute Gasteiger partial charge is 0.355 e. The number of hydrogen-bond donors (Lipinski definition) is 3. The number of aromatic nitrogens is 1. The number of nitrogens with one attached hydrogen (secondary N) is 3. The molecular formula is C20H30IN5O. The number of hydrogen-bond acceptors (Lipinski definition) is 2. The maximum Gasteiger partial charge on any atom is 0.224 e. The molecule has 0 atom stereocenters. The van der Waals surface area contributed by atoms with Gasteiger partial charge in [-0.25, -0.2) is 0 Å². The molecule has 1 aromatic heterocycles. The van der Waals surface area contributed by atoms with E-state index in [2.05, 4.69) is 25.5 Å². The van der Waals surface area contributed by atoms with Crippen LogP contribution in [-0.4, -0.2) is 30.0 Å². The van der Waals surface area contributed by atoms with E-state index in [1.54, 1.807) is 7.05 Å². The number of halogens is 1. The highest BCUT2D eigenvalue weighted by Crippen LogP contribution is 2.12. The minimum absolute atomic E-state index is 0. The highest BCUT2D eigenvalue weighted by Gasteiger charge is 2.06. The predicted molar refractivity (Wildman–Crippen MR) is 123 cm³/mol. The molecule has 1 aromatic carbocycles. The fraction of sp³-hybridized carbons (Fsp3) is 0.400. The van der Waals surface area contributed by atoms with Gasteiger partial charge in [0.2, 0.25) is 5.91 Å². The smallest absolute Gasteiger partial charge is 0.224 e. The summed E-state index contributed by atoms with van der Waals surface area (Å²) >= 11 is 0. The first kappa shape index (κ1) is 23.0. The summed E-state index contributed by atoms with van der Waals surface area (Å²) in [5.41, 5.74) is 1.91. The molecule has 0 unspecified atom stereocenters. The fourth-order valence-electron chi connectivity index (χ4n) is 2.57. The quantitative estimate of drug-likeness (QED) is 0.306. The first-order chi connectivity index (χ1) is 12.6. The molecule has 0 aliphatic rings. The Morgan fingerprint density at radius 3 is 2.56 bits per heavy atom. The van der Waals surface area contributed by atoms with Gasteiger partial charge in [0.15, 0.2) is 5.96 Å². The number of benzene rings is 1. The highest BCUT2D eigenvalue weighted by molar-refractivity contribution is 14.0. The summed E-state index contributed by atoms with van der Waals surface area (Å²) in [6.45, 7) is 6.38. The van der Waals surface area contributed by atoms with Crippen LogP contribution in [-0.2, 0) is 17.9 Å². The Morgan fingerprint density at radius 2 is 1.89 bits per heavy atom. The van der Waals surface area contributed by atoms with E-state index in [1.807, 2.05) is 62.6 Å². The van der Waals surface area contributed by atoms with Gasteiger partial charge in [-0.2, -0.15) is 0 Å². The minimum atomic E-state index is 0. The zero-order chi connectivity index (χ0) is 18.8. The molecule has 148 valence electrons. The summed E-state index contributed by atoms with van der Waals surface area (Å²) in [7, 11) is 1.76. The Kier molecular flexibility index (Phi) is 10.5. The second kappa shape index (κ2) is 12.4. The molecule has 0 aliphatic heterocycles. The van der Waals surface area contributed by atoms with Gasteiger partial charge in [-0.05, 0) is 35.7 Å². The number of carbonyl (C=O) groups is 1. The van der Waals surface area contributed by atoms with Crippen molar-refractivity contribution < 1.29 is 4.79 Å². The van der Waals surface area contributed by atoms with E-state index < -0.39 is 0 Å². The number of aliphatic imine (C=N–C) groups is 1. The van der Waals surface area contributed by atoms with Crippen molar-refractivity contribution in [3.05, 3.63) is 54.4 Å². The molecule has 6 nitrogen and oxygen atoms in total. The van der Waals surface area contributed by atoms with Crippen molar-refractivity contribution in [2.45, 2.75) is 33.4 Å². The molecule has 27 heavy (non-hydrogen) atoms. The number of amides is 1. The molecule has 0 fully saturated rings. The zero-order valence-electron chi connectivity index (χ0n) is 16.2. The van der Waals surface area contributed by atoms with Crippen LogP contribution in [0.4, 0.5) is 5.69 Å². The van der Waals surface area contributed by atoms with Crippen LogP contribution in [0.2, 0.25) is 0 Å². The van der Waals surface area contributed by atoms with Crippen molar-refractivity contribution in [2.75, 3.05) is 18.9 Å². The molecule has 7 heteroatoms. The second-order valence-corrected chi connectivity index (χ2v) is 6.62. The van der Waals surface area contributed by atoms with Crippen LogP contribution >= 0.6 is 24.0 Å². The Morgan fingerprint density at radius 1 is 1.15 bits per heavy atom. The summed E-state index contributed by atoms with van der Waals surface area (Å²) in [4.78, 5) is 16.1. The lowest BCUT2D eigenvalue weighted by molar-refractivity contribution is -0.116. The van der Waals surface area contributed by atoms with Crippen molar-refractivity contribution in [3.63, 3.8) is 0 Å². The predicted octanol–water partition coefficient (Wildman–Crippen LogP) is 3.46. The van der Waals surface area contributed by atoms with E-state index >= 15 is 0 Å². The van der Waals surface area contributed by atoms with Crippen LogP contribution < -0.4 is 16.0 Å². The van der Waals surface area contributed by atoms with Crippen LogP contribution in [0, 0.1) is 5.92 Å². The third-order valence-corrected chi connectivity index (χ3v) is 3.82. The first-order valence-electron chi connectivity index (χ1n) is 9.01. The van der Waals surface area contributed by atoms with E-state index in [0.29, 0.717) is 18.9 Å². The van der Waals surface area contributed by atoms with Crippen LogP contribution in [0.15, 0.2) is 53.8 Å². The van der Waals surface area contributed by atoms with Crippen LogP contribution in [0.1, 0.15) is 25.8 Å². The fourth-order valence-corrected chi connectivity index (χ4v) is 2.57. The molecule has 0 saturated heterocycles. The maximum atomic E-state index is 11.9. The second-order valence-electron chi connectivity index (χ2n) is 6.62. The Balaban J connectivity index is 0.00000364. The minimum Gasteiger partial charge on any atom is -0.355 e. The molecule has 2 rings (SSSR count). The van der Waals surface area contributed by atoms with E-state index in [4.69, 9.17) is 0 Å². The lowest BCUT2D eigenvalue weighted by atomic mass is 10.1. The normalized spacial score (nSPS) is 11.0. The average molecular weight is 483 g/mol. The maximum absolute atomic E-state index is 11.9. The molecule has 1 heterocycles. The molecule has 0 radical (unpaired) electrons. The summed E-state index contributed by atoms with van der Waals surface area (Å²) in [6, 6.07) is 11.9. The molecular weight excluding hydrogens is 453 g/mol. The van der Waals surface area contributed by atoms with Gasteiger partial charge >= 0.3 is 0 Å². The lowest BCUT2D eigenvalue weighted by Gasteiger charge is -2.13. The summed E-state index contributed by atoms with van der Waals surface area (Å²) in [6.07, 6.45) is 4.61. The zero-order valence-corrected chi connectivity index (χ0v) is 18.6. The van der Waals surface area contributed by atoms with Crippen molar-refractivity contribution in [3.8, 4) is 0 Å². The van der Waals surface area contributed by atoms with Crippen molar-refractivity contribution in [1.29, 1.82) is 0 Å². The number of rotatable bonds is 8. The summed E-state index contributed by atoms with van der Waals surface area (Å²) < 4.78 is 2.11. The molecule has 0 aliphatic carbocycles. The SMILES string of the molecule is CN=C(NCCn1cccc1)NCc1cccc(NC(=O)CC(C)C)c1.I. The average Bonchev–Trinajstić information content (AvgIpc) is 3.11. The van der Waals surface area contributed by atoms with Gasteiger partial charge in [0, 0.05) is 51.2 Å². The standard InChI is InChI=1S/C20H29N5O.HI/c1-16(2)13-19(26)24-18-8-6-7-17(14-18)15-23-20(21-3)22-9-12-25-10-4-5-11-25;/h4-8,10-11,14,16H,9,12-13,15H2,1-3H3,(H,24,26)(H2,21,22,23);1H. The van der Waals surface area contributed by atoms with E-state index in [9.17, 15) is 4.79 Å². The van der Waals surface area contributed by atoms with Crippen LogP contribution in [0.5, 0.6) is 0 Å². The third-order valence-electron chi connectivity index (χ3n) is 3.82. The van der Waals surface area contributed by atoms with Crippen molar-refractivity contribution in [1.82, 2.24) is 15.2 Å². The monoisotopic (exact) mass is 483 g/mol. The van der Waals surface area contributed by atoms with Gasteiger partial charge in [0.25, 0.3) is 0 Å². The van der Waals surface area contributed by atoms with Crippen molar-refractivity contribution in [2.24, 2.45) is 10.9 Å². The Labute approximate surface area is 178 Å². The molecule has 1 amide bonds. The molecule has 0 spiro atoms. The van der Waals surface area contributed by atoms with Gasteiger partial charge in [-0.1, -0.05) is 26.0 Å². The van der Waals surface area contributed by atoms with Gasteiger partial charge in [-0.15, -0.1) is 24.0 Å². The van der Waals surface area contributed by atoms with Gasteiger partial charge in [-0.3, -0.25) is 9.79 Å². The number of nitrogens with zero attached hydrogens (tertiary/aromatic N) is 2. The summed E-state index contributed by atoms with van der Waals surface area (Å²) in [5, 5.41) is 9.54. The topological polar surface area (TPSA) is 70.5 Å². The van der Waals surface area contributed by atoms with Gasteiger partial charge in [0.1, 0.15) is 0 Å². The van der Waals surface area contributed by atoms with E-state index in [0.717, 1.165) is 30.3 Å².